The van der Waals surface area contributed by atoms with Crippen molar-refractivity contribution in [2.45, 2.75) is 46.1 Å². The molecule has 1 N–H and O–H groups in total. The highest BCUT2D eigenvalue weighted by Crippen LogP contribution is 2.33. The number of hydrogen-bond acceptors (Lipinski definition) is 4. The molecule has 0 spiro atoms. The number of rotatable bonds is 8. The van der Waals surface area contributed by atoms with Gasteiger partial charge in [0.1, 0.15) is 11.6 Å². The van der Waals surface area contributed by atoms with Crippen molar-refractivity contribution in [3.8, 4) is 5.75 Å². The summed E-state index contributed by atoms with van der Waals surface area (Å²) in [4.78, 5) is 19.7. The number of carbonyl (C=O) groups is 1. The molecule has 0 saturated carbocycles. The number of carbonyl (C=O) groups excluding carboxylic acids is 1. The third kappa shape index (κ3) is 4.63. The number of aliphatic imine (C=N–C) groups is 1. The predicted molar refractivity (Wildman–Crippen MR) is 149 cm³/mol. The molecule has 0 fully saturated rings. The molecule has 0 radical (unpaired) electrons. The van der Waals surface area contributed by atoms with Crippen LogP contribution in [0.15, 0.2) is 76.4 Å². The van der Waals surface area contributed by atoms with Crippen molar-refractivity contribution >= 4 is 45.7 Å². The number of ether oxygens (including phenoxy) is 1. The highest BCUT2D eigenvalue weighted by atomic mass is 32.2. The molecule has 2 aliphatic rings. The standard InChI is InChI=1S/C29H30N4O2S/c1-4-19(2)22-10-6-8-13-26(22)35-15-9-14-32-18-21(23-11-5-7-12-25(23)32)16-24-27(30)33-17-20(3)36-29(33)31-28(24)34/h5-8,10-13,16-19,30H,4,9,14-15H2,1-3H3/b24-16-,30-27?. The van der Waals surface area contributed by atoms with E-state index in [2.05, 4.69) is 59.9 Å². The number of allylic oxidation sites excluding steroid dienone is 1. The minimum atomic E-state index is -0.368. The molecule has 1 unspecified atom stereocenters. The fourth-order valence-electron chi connectivity index (χ4n) is 4.59. The van der Waals surface area contributed by atoms with Crippen LogP contribution >= 0.6 is 11.8 Å². The summed E-state index contributed by atoms with van der Waals surface area (Å²) in [6.45, 7) is 7.78. The first-order chi connectivity index (χ1) is 17.5. The Morgan fingerprint density at radius 3 is 2.78 bits per heavy atom. The van der Waals surface area contributed by atoms with Gasteiger partial charge in [-0.15, -0.1) is 0 Å². The normalized spacial score (nSPS) is 17.4. The topological polar surface area (TPSA) is 70.7 Å². The number of amides is 1. The highest BCUT2D eigenvalue weighted by Gasteiger charge is 2.33. The van der Waals surface area contributed by atoms with Gasteiger partial charge < -0.3 is 9.30 Å². The lowest BCUT2D eigenvalue weighted by Gasteiger charge is -2.22. The Labute approximate surface area is 215 Å². The summed E-state index contributed by atoms with van der Waals surface area (Å²) in [6.07, 6.45) is 7.64. The zero-order valence-corrected chi connectivity index (χ0v) is 21.6. The van der Waals surface area contributed by atoms with Crippen LogP contribution in [-0.2, 0) is 11.3 Å². The summed E-state index contributed by atoms with van der Waals surface area (Å²) in [5, 5.41) is 10.2. The number of para-hydroxylation sites is 2. The maximum atomic E-state index is 12.8. The number of aryl methyl sites for hydroxylation is 1. The summed E-state index contributed by atoms with van der Waals surface area (Å²) < 4.78 is 8.37. The molecular weight excluding hydrogens is 468 g/mol. The number of hydrogen-bond donors (Lipinski definition) is 1. The third-order valence-electron chi connectivity index (χ3n) is 6.68. The number of benzene rings is 2. The van der Waals surface area contributed by atoms with E-state index in [9.17, 15) is 4.79 Å². The average molecular weight is 499 g/mol. The minimum absolute atomic E-state index is 0.166. The zero-order valence-electron chi connectivity index (χ0n) is 20.8. The van der Waals surface area contributed by atoms with E-state index in [4.69, 9.17) is 10.1 Å². The van der Waals surface area contributed by atoms with E-state index in [1.165, 1.54) is 17.3 Å². The van der Waals surface area contributed by atoms with Gasteiger partial charge in [0.25, 0.3) is 5.91 Å². The van der Waals surface area contributed by atoms with Crippen LogP contribution in [-0.4, -0.2) is 33.0 Å². The summed E-state index contributed by atoms with van der Waals surface area (Å²) in [6, 6.07) is 16.5. The first-order valence-corrected chi connectivity index (χ1v) is 13.2. The molecule has 184 valence electrons. The van der Waals surface area contributed by atoms with Crippen molar-refractivity contribution in [2.24, 2.45) is 4.99 Å². The maximum absolute atomic E-state index is 12.8. The van der Waals surface area contributed by atoms with E-state index in [0.717, 1.165) is 46.5 Å². The van der Waals surface area contributed by atoms with E-state index in [-0.39, 0.29) is 11.7 Å². The SMILES string of the molecule is CCC(C)c1ccccc1OCCCn1cc(/C=C2/C(=N)N3C=C(C)SC3=NC2=O)c2ccccc21. The van der Waals surface area contributed by atoms with Crippen LogP contribution in [0.4, 0.5) is 0 Å². The third-order valence-corrected chi connectivity index (χ3v) is 7.57. The molecule has 1 atom stereocenters. The fraction of sp³-hybridized carbons (Fsp3) is 0.276. The quantitative estimate of drug-likeness (QED) is 0.274. The van der Waals surface area contributed by atoms with Crippen LogP contribution in [0.2, 0.25) is 0 Å². The van der Waals surface area contributed by atoms with Crippen LogP contribution in [0.5, 0.6) is 5.75 Å². The van der Waals surface area contributed by atoms with Gasteiger partial charge in [-0.3, -0.25) is 15.1 Å². The summed E-state index contributed by atoms with van der Waals surface area (Å²) in [5.74, 6) is 1.23. The number of aromatic nitrogens is 1. The second kappa shape index (κ2) is 10.2. The molecule has 3 heterocycles. The van der Waals surface area contributed by atoms with Gasteiger partial charge in [0.15, 0.2) is 5.17 Å². The van der Waals surface area contributed by atoms with Crippen molar-refractivity contribution in [1.82, 2.24) is 9.47 Å². The molecule has 0 saturated heterocycles. The number of nitrogens with zero attached hydrogens (tertiary/aromatic N) is 3. The van der Waals surface area contributed by atoms with Gasteiger partial charge >= 0.3 is 0 Å². The Balaban J connectivity index is 1.35. The second-order valence-corrected chi connectivity index (χ2v) is 10.4. The van der Waals surface area contributed by atoms with Gasteiger partial charge in [0.05, 0.1) is 12.2 Å². The molecule has 7 heteroatoms. The largest absolute Gasteiger partial charge is 0.493 e. The number of thioether (sulfide) groups is 1. The Morgan fingerprint density at radius 2 is 1.94 bits per heavy atom. The Bertz CT molecular complexity index is 1430. The van der Waals surface area contributed by atoms with Crippen LogP contribution < -0.4 is 4.74 Å². The lowest BCUT2D eigenvalue weighted by molar-refractivity contribution is -0.114. The minimum Gasteiger partial charge on any atom is -0.493 e. The maximum Gasteiger partial charge on any atom is 0.283 e. The van der Waals surface area contributed by atoms with E-state index < -0.39 is 0 Å². The molecule has 1 aromatic heterocycles. The monoisotopic (exact) mass is 498 g/mol. The van der Waals surface area contributed by atoms with Crippen LogP contribution in [0, 0.1) is 5.41 Å². The van der Waals surface area contributed by atoms with E-state index in [0.29, 0.717) is 23.3 Å². The molecule has 1 amide bonds. The van der Waals surface area contributed by atoms with Gasteiger partial charge in [0.2, 0.25) is 0 Å². The lowest BCUT2D eigenvalue weighted by Crippen LogP contribution is -2.35. The van der Waals surface area contributed by atoms with E-state index in [1.54, 1.807) is 11.0 Å². The highest BCUT2D eigenvalue weighted by molar-refractivity contribution is 8.17. The van der Waals surface area contributed by atoms with Crippen molar-refractivity contribution in [2.75, 3.05) is 6.61 Å². The molecule has 2 aromatic carbocycles. The van der Waals surface area contributed by atoms with Gasteiger partial charge in [-0.25, -0.2) is 0 Å². The molecule has 36 heavy (non-hydrogen) atoms. The van der Waals surface area contributed by atoms with Gasteiger partial charge in [-0.1, -0.05) is 62.0 Å². The predicted octanol–water partition coefficient (Wildman–Crippen LogP) is 6.79. The molecule has 3 aromatic rings. The summed E-state index contributed by atoms with van der Waals surface area (Å²) >= 11 is 1.42. The van der Waals surface area contributed by atoms with Gasteiger partial charge in [-0.05, 0) is 49.5 Å². The number of nitrogens with one attached hydrogen (secondary N) is 1. The fourth-order valence-corrected chi connectivity index (χ4v) is 5.41. The molecule has 2 aliphatic heterocycles. The van der Waals surface area contributed by atoms with Crippen LogP contribution in [0.1, 0.15) is 50.7 Å². The smallest absolute Gasteiger partial charge is 0.283 e. The molecule has 5 rings (SSSR count). The Morgan fingerprint density at radius 1 is 1.17 bits per heavy atom. The number of fused-ring (bicyclic) bond motifs is 2. The zero-order chi connectivity index (χ0) is 25.2. The van der Waals surface area contributed by atoms with Crippen molar-refractivity contribution in [3.63, 3.8) is 0 Å². The molecule has 0 bridgehead atoms. The van der Waals surface area contributed by atoms with Crippen molar-refractivity contribution in [3.05, 3.63) is 82.5 Å². The summed E-state index contributed by atoms with van der Waals surface area (Å²) in [7, 11) is 0. The van der Waals surface area contributed by atoms with Gasteiger partial charge in [0, 0.05) is 40.3 Å². The Kier molecular flexibility index (Phi) is 6.83. The lowest BCUT2D eigenvalue weighted by atomic mass is 9.98. The Hall–Kier alpha value is -3.58. The van der Waals surface area contributed by atoms with Crippen molar-refractivity contribution in [1.29, 1.82) is 5.41 Å². The average Bonchev–Trinajstić information content (AvgIpc) is 3.44. The molecule has 6 nitrogen and oxygen atoms in total. The summed E-state index contributed by atoms with van der Waals surface area (Å²) in [5.41, 5.74) is 3.56. The molecular formula is C29H30N4O2S. The van der Waals surface area contributed by atoms with Crippen LogP contribution in [0.25, 0.3) is 17.0 Å². The first kappa shape index (κ1) is 24.1. The number of amidine groups is 2. The van der Waals surface area contributed by atoms with Gasteiger partial charge in [-0.2, -0.15) is 4.99 Å². The van der Waals surface area contributed by atoms with Crippen LogP contribution in [0.3, 0.4) is 0 Å². The first-order valence-electron chi connectivity index (χ1n) is 12.3. The second-order valence-electron chi connectivity index (χ2n) is 9.16. The van der Waals surface area contributed by atoms with E-state index >= 15 is 0 Å². The van der Waals surface area contributed by atoms with Crippen molar-refractivity contribution < 1.29 is 9.53 Å². The molecule has 0 aliphatic carbocycles. The van der Waals surface area contributed by atoms with E-state index in [1.807, 2.05) is 31.3 Å².